The number of nitrogens with zero attached hydrogens (tertiary/aromatic N) is 4. The first kappa shape index (κ1) is 15.3. The molecule has 6 heteroatoms. The third kappa shape index (κ3) is 2.71. The van der Waals surface area contributed by atoms with Crippen LogP contribution in [0.25, 0.3) is 0 Å². The lowest BCUT2D eigenvalue weighted by atomic mass is 9.94. The Hall–Kier alpha value is -1.59. The van der Waals surface area contributed by atoms with Crippen LogP contribution in [0.3, 0.4) is 0 Å². The van der Waals surface area contributed by atoms with Crippen molar-refractivity contribution in [3.63, 3.8) is 0 Å². The number of carbonyl (C=O) groups excluding carboxylic acids is 1. The van der Waals surface area contributed by atoms with Gasteiger partial charge in [0.05, 0.1) is 0 Å². The van der Waals surface area contributed by atoms with E-state index in [1.807, 2.05) is 11.8 Å². The lowest BCUT2D eigenvalue weighted by Gasteiger charge is -2.33. The summed E-state index contributed by atoms with van der Waals surface area (Å²) in [6.45, 7) is 4.23. The number of aromatic nitrogens is 3. The van der Waals surface area contributed by atoms with E-state index in [9.17, 15) is 9.59 Å². The molecule has 1 saturated heterocycles. The van der Waals surface area contributed by atoms with Gasteiger partial charge in [0.15, 0.2) is 0 Å². The second kappa shape index (κ2) is 6.26. The van der Waals surface area contributed by atoms with Crippen molar-refractivity contribution in [2.75, 3.05) is 13.1 Å². The highest BCUT2D eigenvalue weighted by Crippen LogP contribution is 2.30. The second-order valence-electron chi connectivity index (χ2n) is 6.59. The molecule has 2 fully saturated rings. The number of piperidine rings is 1. The summed E-state index contributed by atoms with van der Waals surface area (Å²) in [5, 5.41) is 4.42. The summed E-state index contributed by atoms with van der Waals surface area (Å²) in [6, 6.07) is 0. The Bertz CT molecular complexity index is 590. The maximum atomic E-state index is 12.5. The van der Waals surface area contributed by atoms with Crippen molar-refractivity contribution < 1.29 is 4.79 Å². The van der Waals surface area contributed by atoms with Crippen LogP contribution >= 0.6 is 0 Å². The minimum atomic E-state index is -0.0399. The van der Waals surface area contributed by atoms with Gasteiger partial charge in [0.1, 0.15) is 5.82 Å². The summed E-state index contributed by atoms with van der Waals surface area (Å²) < 4.78 is 3.19. The molecule has 0 bridgehead atoms. The van der Waals surface area contributed by atoms with E-state index < -0.39 is 0 Å². The molecule has 1 aliphatic carbocycles. The van der Waals surface area contributed by atoms with Crippen LogP contribution in [0.5, 0.6) is 0 Å². The molecule has 22 heavy (non-hydrogen) atoms. The number of aryl methyl sites for hydroxylation is 1. The van der Waals surface area contributed by atoms with Crippen LogP contribution in [-0.4, -0.2) is 38.2 Å². The van der Waals surface area contributed by atoms with Crippen molar-refractivity contribution in [3.05, 3.63) is 16.3 Å². The Morgan fingerprint density at radius 3 is 2.41 bits per heavy atom. The van der Waals surface area contributed by atoms with Crippen molar-refractivity contribution in [1.29, 1.82) is 0 Å². The standard InChI is InChI=1S/C16H26N4O2/c1-3-20-14(17-18(2)16(20)22)12-8-10-19(11-9-12)15(21)13-6-4-5-7-13/h12-13H,3-11H2,1-2H3. The maximum Gasteiger partial charge on any atom is 0.345 e. The zero-order valence-corrected chi connectivity index (χ0v) is 13.6. The van der Waals surface area contributed by atoms with E-state index in [1.165, 1.54) is 17.5 Å². The molecule has 0 unspecified atom stereocenters. The predicted octanol–water partition coefficient (Wildman–Crippen LogP) is 1.50. The third-order valence-electron chi connectivity index (χ3n) is 5.23. The Morgan fingerprint density at radius 1 is 1.18 bits per heavy atom. The van der Waals surface area contributed by atoms with Crippen molar-refractivity contribution >= 4 is 5.91 Å². The fourth-order valence-electron chi connectivity index (χ4n) is 3.91. The van der Waals surface area contributed by atoms with E-state index in [-0.39, 0.29) is 11.6 Å². The van der Waals surface area contributed by atoms with Gasteiger partial charge in [-0.2, -0.15) is 5.10 Å². The molecule has 122 valence electrons. The van der Waals surface area contributed by atoms with Gasteiger partial charge in [0.2, 0.25) is 5.91 Å². The number of hydrogen-bond acceptors (Lipinski definition) is 3. The first-order valence-corrected chi connectivity index (χ1v) is 8.54. The molecule has 3 rings (SSSR count). The minimum absolute atomic E-state index is 0.0399. The zero-order chi connectivity index (χ0) is 15.7. The smallest absolute Gasteiger partial charge is 0.342 e. The minimum Gasteiger partial charge on any atom is -0.342 e. The van der Waals surface area contributed by atoms with Gasteiger partial charge >= 0.3 is 5.69 Å². The predicted molar refractivity (Wildman–Crippen MR) is 83.7 cm³/mol. The Balaban J connectivity index is 1.65. The van der Waals surface area contributed by atoms with E-state index in [1.54, 1.807) is 11.6 Å². The van der Waals surface area contributed by atoms with Gasteiger partial charge in [-0.1, -0.05) is 12.8 Å². The zero-order valence-electron chi connectivity index (χ0n) is 13.6. The van der Waals surface area contributed by atoms with E-state index in [4.69, 9.17) is 0 Å². The lowest BCUT2D eigenvalue weighted by Crippen LogP contribution is -2.41. The van der Waals surface area contributed by atoms with Crippen molar-refractivity contribution in [3.8, 4) is 0 Å². The number of likely N-dealkylation sites (tertiary alicyclic amines) is 1. The Kier molecular flexibility index (Phi) is 4.36. The van der Waals surface area contributed by atoms with Crippen LogP contribution in [0, 0.1) is 5.92 Å². The summed E-state index contributed by atoms with van der Waals surface area (Å²) in [5.74, 6) is 1.80. The number of hydrogen-bond donors (Lipinski definition) is 0. The molecule has 0 spiro atoms. The molecule has 1 aromatic rings. The number of rotatable bonds is 3. The highest BCUT2D eigenvalue weighted by atomic mass is 16.2. The molecule has 0 atom stereocenters. The fraction of sp³-hybridized carbons (Fsp3) is 0.812. The monoisotopic (exact) mass is 306 g/mol. The maximum absolute atomic E-state index is 12.5. The topological polar surface area (TPSA) is 60.1 Å². The summed E-state index contributed by atoms with van der Waals surface area (Å²) in [6.07, 6.45) is 6.35. The molecule has 1 aliphatic heterocycles. The summed E-state index contributed by atoms with van der Waals surface area (Å²) >= 11 is 0. The van der Waals surface area contributed by atoms with E-state index in [0.29, 0.717) is 18.4 Å². The lowest BCUT2D eigenvalue weighted by molar-refractivity contribution is -0.136. The van der Waals surface area contributed by atoms with Gasteiger partial charge in [-0.05, 0) is 32.6 Å². The average Bonchev–Trinajstić information content (AvgIpc) is 3.16. The molecule has 0 radical (unpaired) electrons. The van der Waals surface area contributed by atoms with Crippen LogP contribution in [0.2, 0.25) is 0 Å². The fourth-order valence-corrected chi connectivity index (χ4v) is 3.91. The van der Waals surface area contributed by atoms with Crippen molar-refractivity contribution in [1.82, 2.24) is 19.2 Å². The molecular formula is C16H26N4O2. The Morgan fingerprint density at radius 2 is 1.82 bits per heavy atom. The summed E-state index contributed by atoms with van der Waals surface area (Å²) in [5.41, 5.74) is -0.0399. The van der Waals surface area contributed by atoms with Crippen LogP contribution < -0.4 is 5.69 Å². The van der Waals surface area contributed by atoms with E-state index >= 15 is 0 Å². The van der Waals surface area contributed by atoms with Gasteiger partial charge in [0, 0.05) is 38.5 Å². The highest BCUT2D eigenvalue weighted by molar-refractivity contribution is 5.79. The van der Waals surface area contributed by atoms with Crippen molar-refractivity contribution in [2.24, 2.45) is 13.0 Å². The molecule has 0 aromatic carbocycles. The van der Waals surface area contributed by atoms with Crippen LogP contribution in [0.4, 0.5) is 0 Å². The molecule has 1 saturated carbocycles. The largest absolute Gasteiger partial charge is 0.345 e. The molecular weight excluding hydrogens is 280 g/mol. The van der Waals surface area contributed by atoms with Gasteiger partial charge in [-0.15, -0.1) is 0 Å². The summed E-state index contributed by atoms with van der Waals surface area (Å²) in [7, 11) is 1.71. The molecule has 0 N–H and O–H groups in total. The van der Waals surface area contributed by atoms with Gasteiger partial charge < -0.3 is 4.90 Å². The number of carbonyl (C=O) groups is 1. The highest BCUT2D eigenvalue weighted by Gasteiger charge is 2.32. The third-order valence-corrected chi connectivity index (χ3v) is 5.23. The first-order chi connectivity index (χ1) is 10.6. The van der Waals surface area contributed by atoms with Crippen LogP contribution in [0.1, 0.15) is 57.2 Å². The average molecular weight is 306 g/mol. The molecule has 2 aliphatic rings. The van der Waals surface area contributed by atoms with Gasteiger partial charge in [0.25, 0.3) is 0 Å². The number of amides is 1. The van der Waals surface area contributed by atoms with Gasteiger partial charge in [-0.25, -0.2) is 9.48 Å². The normalized spacial score (nSPS) is 20.7. The molecule has 2 heterocycles. The second-order valence-corrected chi connectivity index (χ2v) is 6.59. The van der Waals surface area contributed by atoms with Gasteiger partial charge in [-0.3, -0.25) is 9.36 Å². The molecule has 1 amide bonds. The van der Waals surface area contributed by atoms with E-state index in [0.717, 1.165) is 44.6 Å². The van der Waals surface area contributed by atoms with E-state index in [2.05, 4.69) is 5.10 Å². The quantitative estimate of drug-likeness (QED) is 0.850. The SMILES string of the molecule is CCn1c(C2CCN(C(=O)C3CCCC3)CC2)nn(C)c1=O. The molecule has 1 aromatic heterocycles. The Labute approximate surface area is 131 Å². The summed E-state index contributed by atoms with van der Waals surface area (Å²) in [4.78, 5) is 26.5. The first-order valence-electron chi connectivity index (χ1n) is 8.54. The van der Waals surface area contributed by atoms with Crippen molar-refractivity contribution in [2.45, 2.75) is 57.9 Å². The van der Waals surface area contributed by atoms with Crippen LogP contribution in [0.15, 0.2) is 4.79 Å². The molecule has 6 nitrogen and oxygen atoms in total. The van der Waals surface area contributed by atoms with Crippen LogP contribution in [-0.2, 0) is 18.4 Å².